The zero-order valence-electron chi connectivity index (χ0n) is 18.8. The fraction of sp³-hybridized carbons (Fsp3) is 0.107. The van der Waals surface area contributed by atoms with Crippen molar-refractivity contribution in [2.75, 3.05) is 5.32 Å². The molecule has 1 aliphatic heterocycles. The number of aromatic nitrogens is 3. The van der Waals surface area contributed by atoms with E-state index in [4.69, 9.17) is 4.98 Å². The number of nitrogens with one attached hydrogen (secondary N) is 3. The lowest BCUT2D eigenvalue weighted by molar-refractivity contribution is -0.118. The summed E-state index contributed by atoms with van der Waals surface area (Å²) in [4.78, 5) is 25.2. The number of amides is 1. The Kier molecular flexibility index (Phi) is 5.31. The minimum absolute atomic E-state index is 0.119. The predicted molar refractivity (Wildman–Crippen MR) is 134 cm³/mol. The van der Waals surface area contributed by atoms with Gasteiger partial charge in [-0.15, -0.1) is 0 Å². The van der Waals surface area contributed by atoms with Crippen molar-refractivity contribution in [3.05, 3.63) is 102 Å². The summed E-state index contributed by atoms with van der Waals surface area (Å²) < 4.78 is 13.6. The van der Waals surface area contributed by atoms with E-state index in [9.17, 15) is 9.18 Å². The fourth-order valence-corrected chi connectivity index (χ4v) is 4.65. The van der Waals surface area contributed by atoms with Crippen LogP contribution in [-0.2, 0) is 17.8 Å². The molecule has 0 aliphatic carbocycles. The summed E-state index contributed by atoms with van der Waals surface area (Å²) in [5, 5.41) is 7.17. The van der Waals surface area contributed by atoms with Crippen LogP contribution in [-0.4, -0.2) is 26.9 Å². The maximum atomic E-state index is 13.6. The number of anilines is 1. The van der Waals surface area contributed by atoms with Crippen molar-refractivity contribution in [1.29, 1.82) is 0 Å². The summed E-state index contributed by atoms with van der Waals surface area (Å²) in [6, 6.07) is 21.8. The molecule has 6 rings (SSSR count). The van der Waals surface area contributed by atoms with Gasteiger partial charge >= 0.3 is 0 Å². The Hall–Kier alpha value is -4.36. The van der Waals surface area contributed by atoms with Crippen molar-refractivity contribution < 1.29 is 9.18 Å². The van der Waals surface area contributed by atoms with Crippen LogP contribution in [0.5, 0.6) is 0 Å². The number of nitrogens with zero attached hydrogens (tertiary/aromatic N) is 2. The molecule has 1 amide bonds. The van der Waals surface area contributed by atoms with E-state index in [1.54, 1.807) is 24.5 Å². The van der Waals surface area contributed by atoms with Crippen LogP contribution in [0.3, 0.4) is 0 Å². The molecule has 3 N–H and O–H groups in total. The average Bonchev–Trinajstić information content (AvgIpc) is 3.28. The van der Waals surface area contributed by atoms with Crippen molar-refractivity contribution in [3.8, 4) is 22.4 Å². The van der Waals surface area contributed by atoms with Crippen LogP contribution in [0.1, 0.15) is 11.1 Å². The Morgan fingerprint density at radius 2 is 1.69 bits per heavy atom. The number of pyridine rings is 2. The van der Waals surface area contributed by atoms with Crippen LogP contribution in [0.2, 0.25) is 0 Å². The number of hydrogen-bond donors (Lipinski definition) is 3. The Morgan fingerprint density at radius 3 is 2.49 bits per heavy atom. The molecule has 35 heavy (non-hydrogen) atoms. The van der Waals surface area contributed by atoms with Crippen LogP contribution >= 0.6 is 0 Å². The molecule has 2 aromatic carbocycles. The first kappa shape index (κ1) is 21.2. The summed E-state index contributed by atoms with van der Waals surface area (Å²) in [6.45, 7) is 0.660. The lowest BCUT2D eigenvalue weighted by Gasteiger charge is -2.25. The van der Waals surface area contributed by atoms with Crippen LogP contribution in [0, 0.1) is 5.82 Å². The summed E-state index contributed by atoms with van der Waals surface area (Å²) >= 11 is 0. The highest BCUT2D eigenvalue weighted by molar-refractivity contribution is 6.03. The molecule has 4 heterocycles. The maximum absolute atomic E-state index is 13.6. The SMILES string of the molecule is O=C(Nc1ccc2c(-c3ccncc3)c(-c3ccc(F)cc3)[nH]c2n1)[C@@H]1Cc2ccccc2CN1. The number of rotatable bonds is 4. The second-order valence-corrected chi connectivity index (χ2v) is 8.61. The number of benzene rings is 2. The zero-order chi connectivity index (χ0) is 23.8. The second-order valence-electron chi connectivity index (χ2n) is 8.61. The maximum Gasteiger partial charge on any atom is 0.243 e. The summed E-state index contributed by atoms with van der Waals surface area (Å²) in [5.74, 6) is 0.0553. The van der Waals surface area contributed by atoms with Gasteiger partial charge in [-0.3, -0.25) is 9.78 Å². The fourth-order valence-electron chi connectivity index (χ4n) is 4.65. The molecular weight excluding hydrogens is 441 g/mol. The third-order valence-electron chi connectivity index (χ3n) is 6.41. The Labute approximate surface area is 201 Å². The zero-order valence-corrected chi connectivity index (χ0v) is 18.8. The van der Waals surface area contributed by atoms with E-state index in [-0.39, 0.29) is 17.8 Å². The molecule has 0 saturated heterocycles. The van der Waals surface area contributed by atoms with E-state index < -0.39 is 0 Å². The van der Waals surface area contributed by atoms with Crippen molar-refractivity contribution in [1.82, 2.24) is 20.3 Å². The first-order chi connectivity index (χ1) is 17.2. The van der Waals surface area contributed by atoms with Gasteiger partial charge in [-0.1, -0.05) is 24.3 Å². The molecule has 0 unspecified atom stereocenters. The Morgan fingerprint density at radius 1 is 0.914 bits per heavy atom. The number of aromatic amines is 1. The Balaban J connectivity index is 1.34. The molecule has 3 aromatic heterocycles. The predicted octanol–water partition coefficient (Wildman–Crippen LogP) is 5.08. The molecular formula is C28H22FN5O. The van der Waals surface area contributed by atoms with Gasteiger partial charge in [0.2, 0.25) is 5.91 Å². The summed E-state index contributed by atoms with van der Waals surface area (Å²) in [5.41, 5.74) is 6.62. The van der Waals surface area contributed by atoms with Gasteiger partial charge in [0, 0.05) is 29.9 Å². The lowest BCUT2D eigenvalue weighted by atomic mass is 9.95. The summed E-state index contributed by atoms with van der Waals surface area (Å²) in [7, 11) is 0. The number of carbonyl (C=O) groups is 1. The van der Waals surface area contributed by atoms with E-state index in [2.05, 4.69) is 32.7 Å². The highest BCUT2D eigenvalue weighted by Crippen LogP contribution is 2.38. The largest absolute Gasteiger partial charge is 0.339 e. The first-order valence-corrected chi connectivity index (χ1v) is 11.5. The normalized spacial score (nSPS) is 15.1. The molecule has 172 valence electrons. The van der Waals surface area contributed by atoms with Crippen molar-refractivity contribution in [2.45, 2.75) is 19.0 Å². The smallest absolute Gasteiger partial charge is 0.243 e. The number of carbonyl (C=O) groups excluding carboxylic acids is 1. The number of halogens is 1. The Bertz CT molecular complexity index is 1530. The minimum atomic E-state index is -0.326. The van der Waals surface area contributed by atoms with Crippen molar-refractivity contribution >= 4 is 22.8 Å². The van der Waals surface area contributed by atoms with Gasteiger partial charge in [0.1, 0.15) is 17.3 Å². The number of fused-ring (bicyclic) bond motifs is 2. The second kappa shape index (κ2) is 8.77. The van der Waals surface area contributed by atoms with Crippen LogP contribution in [0.25, 0.3) is 33.4 Å². The minimum Gasteiger partial charge on any atom is -0.339 e. The van der Waals surface area contributed by atoms with Gasteiger partial charge in [-0.2, -0.15) is 0 Å². The van der Waals surface area contributed by atoms with Crippen LogP contribution in [0.15, 0.2) is 85.2 Å². The topological polar surface area (TPSA) is 82.7 Å². The van der Waals surface area contributed by atoms with E-state index in [0.717, 1.165) is 27.8 Å². The summed E-state index contributed by atoms with van der Waals surface area (Å²) in [6.07, 6.45) is 4.10. The quantitative estimate of drug-likeness (QED) is 0.347. The van der Waals surface area contributed by atoms with Gasteiger partial charge in [0.15, 0.2) is 0 Å². The lowest BCUT2D eigenvalue weighted by Crippen LogP contribution is -2.44. The molecule has 7 heteroatoms. The van der Waals surface area contributed by atoms with Crippen LogP contribution < -0.4 is 10.6 Å². The molecule has 0 bridgehead atoms. The van der Waals surface area contributed by atoms with E-state index in [0.29, 0.717) is 24.4 Å². The molecule has 0 spiro atoms. The van der Waals surface area contributed by atoms with Crippen LogP contribution in [0.4, 0.5) is 10.2 Å². The molecule has 1 aliphatic rings. The number of H-pyrrole nitrogens is 1. The highest BCUT2D eigenvalue weighted by atomic mass is 19.1. The van der Waals surface area contributed by atoms with Crippen molar-refractivity contribution in [3.63, 3.8) is 0 Å². The molecule has 0 saturated carbocycles. The van der Waals surface area contributed by atoms with Gasteiger partial charge in [0.05, 0.1) is 11.7 Å². The molecule has 6 nitrogen and oxygen atoms in total. The third-order valence-corrected chi connectivity index (χ3v) is 6.41. The monoisotopic (exact) mass is 463 g/mol. The molecule has 1 atom stereocenters. The van der Waals surface area contributed by atoms with Gasteiger partial charge in [0.25, 0.3) is 0 Å². The van der Waals surface area contributed by atoms with E-state index in [1.165, 1.54) is 23.3 Å². The van der Waals surface area contributed by atoms with E-state index >= 15 is 0 Å². The van der Waals surface area contributed by atoms with Gasteiger partial charge in [-0.05, 0) is 77.2 Å². The standard InChI is InChI=1S/C28H22FN5O/c29-21-7-5-18(6-8-21)26-25(17-11-13-30-14-12-17)22-9-10-24(32-27(22)34-26)33-28(35)23-15-19-3-1-2-4-20(19)16-31-23/h1-14,23,31H,15-16H2,(H2,32,33,34,35)/t23-/m0/s1. The average molecular weight is 464 g/mol. The number of hydrogen-bond acceptors (Lipinski definition) is 4. The van der Waals surface area contributed by atoms with Gasteiger partial charge in [-0.25, -0.2) is 9.37 Å². The molecule has 5 aromatic rings. The third kappa shape index (κ3) is 4.06. The first-order valence-electron chi connectivity index (χ1n) is 11.5. The molecule has 0 fully saturated rings. The highest BCUT2D eigenvalue weighted by Gasteiger charge is 2.24. The van der Waals surface area contributed by atoms with Crippen molar-refractivity contribution in [2.24, 2.45) is 0 Å². The molecule has 0 radical (unpaired) electrons. The van der Waals surface area contributed by atoms with E-state index in [1.807, 2.05) is 36.4 Å². The van der Waals surface area contributed by atoms with Gasteiger partial charge < -0.3 is 15.6 Å².